The van der Waals surface area contributed by atoms with Crippen LogP contribution in [0, 0.1) is 5.41 Å². The Labute approximate surface area is 178 Å². The van der Waals surface area contributed by atoms with E-state index in [2.05, 4.69) is 0 Å². The molecule has 158 valence electrons. The van der Waals surface area contributed by atoms with Gasteiger partial charge in [0.05, 0.1) is 11.6 Å². The number of Topliss-reactive ketones (excluding diaryl/α,β-unsaturated/α-hetero) is 2. The third-order valence-corrected chi connectivity index (χ3v) is 5.81. The second kappa shape index (κ2) is 9.13. The summed E-state index contributed by atoms with van der Waals surface area (Å²) in [6, 6.07) is 1.49. The number of carbonyl (C=O) groups excluding carboxylic acids is 3. The van der Waals surface area contributed by atoms with Crippen molar-refractivity contribution >= 4 is 46.7 Å². The van der Waals surface area contributed by atoms with Crippen molar-refractivity contribution in [2.45, 2.75) is 52.6 Å². The molecule has 9 heteroatoms. The molecule has 2 atom stereocenters. The fraction of sp³-hybridized carbons (Fsp3) is 0.500. The summed E-state index contributed by atoms with van der Waals surface area (Å²) in [7, 11) is 0. The average molecular weight is 445 g/mol. The van der Waals surface area contributed by atoms with Gasteiger partial charge in [0, 0.05) is 30.7 Å². The number of carboxylic acids is 1. The molecule has 0 radical (unpaired) electrons. The Hall–Kier alpha value is -2.12. The predicted octanol–water partition coefficient (Wildman–Crippen LogP) is 3.89. The molecule has 1 aromatic carbocycles. The molecule has 0 bridgehead atoms. The van der Waals surface area contributed by atoms with Gasteiger partial charge in [-0.05, 0) is 31.4 Å². The molecule has 0 amide bonds. The average Bonchev–Trinajstić information content (AvgIpc) is 2.90. The third-order valence-electron chi connectivity index (χ3n) is 4.96. The fourth-order valence-electron chi connectivity index (χ4n) is 3.40. The van der Waals surface area contributed by atoms with Crippen LogP contribution in [-0.2, 0) is 25.5 Å². The zero-order valence-corrected chi connectivity index (χ0v) is 17.9. The molecule has 0 saturated heterocycles. The van der Waals surface area contributed by atoms with E-state index in [9.17, 15) is 19.2 Å². The monoisotopic (exact) mass is 444 g/mol. The van der Waals surface area contributed by atoms with E-state index in [1.807, 2.05) is 0 Å². The minimum absolute atomic E-state index is 0.0171. The zero-order valence-electron chi connectivity index (χ0n) is 16.3. The van der Waals surface area contributed by atoms with Gasteiger partial charge in [-0.2, -0.15) is 0 Å². The highest BCUT2D eigenvalue weighted by Gasteiger charge is 2.48. The van der Waals surface area contributed by atoms with Gasteiger partial charge >= 0.3 is 11.9 Å². The highest BCUT2D eigenvalue weighted by atomic mass is 35.5. The van der Waals surface area contributed by atoms with Crippen molar-refractivity contribution in [1.82, 2.24) is 0 Å². The maximum Gasteiger partial charge on any atom is 0.344 e. The van der Waals surface area contributed by atoms with Gasteiger partial charge in [0.2, 0.25) is 0 Å². The molecule has 7 nitrogen and oxygen atoms in total. The van der Waals surface area contributed by atoms with Crippen LogP contribution in [0.2, 0.25) is 10.0 Å². The minimum Gasteiger partial charge on any atom is -0.479 e. The molecule has 1 aromatic rings. The number of benzene rings is 1. The SMILES string of the molecule is CCC(=O)CC1(CCOC(C)=O)Cc2cc(OC(C)C(=O)O)c(Cl)c(Cl)c2C1=O. The molecule has 0 spiro atoms. The maximum atomic E-state index is 13.3. The Morgan fingerprint density at radius 2 is 1.93 bits per heavy atom. The Balaban J connectivity index is 2.45. The van der Waals surface area contributed by atoms with Crippen LogP contribution in [0.15, 0.2) is 6.07 Å². The van der Waals surface area contributed by atoms with E-state index in [0.717, 1.165) is 0 Å². The third kappa shape index (κ3) is 4.90. The summed E-state index contributed by atoms with van der Waals surface area (Å²) in [4.78, 5) is 47.7. The highest BCUT2D eigenvalue weighted by Crippen LogP contribution is 2.49. The molecule has 1 N–H and O–H groups in total. The largest absolute Gasteiger partial charge is 0.479 e. The smallest absolute Gasteiger partial charge is 0.344 e. The number of carboxylic acid groups (broad SMARTS) is 1. The second-order valence-electron chi connectivity index (χ2n) is 7.08. The van der Waals surface area contributed by atoms with E-state index in [0.29, 0.717) is 5.56 Å². The molecule has 2 rings (SSSR count). The van der Waals surface area contributed by atoms with E-state index in [4.69, 9.17) is 37.8 Å². The van der Waals surface area contributed by atoms with Crippen molar-refractivity contribution in [3.8, 4) is 5.75 Å². The van der Waals surface area contributed by atoms with Crippen LogP contribution in [0.25, 0.3) is 0 Å². The molecular formula is C20H22Cl2O7. The fourth-order valence-corrected chi connectivity index (χ4v) is 3.89. The first-order chi connectivity index (χ1) is 13.5. The number of carbonyl (C=O) groups is 4. The van der Waals surface area contributed by atoms with E-state index >= 15 is 0 Å². The highest BCUT2D eigenvalue weighted by molar-refractivity contribution is 6.45. The first-order valence-corrected chi connectivity index (χ1v) is 9.88. The molecular weight excluding hydrogens is 423 g/mol. The molecule has 1 aliphatic carbocycles. The summed E-state index contributed by atoms with van der Waals surface area (Å²) in [6.07, 6.45) is -0.593. The maximum absolute atomic E-state index is 13.3. The molecule has 1 aliphatic rings. The van der Waals surface area contributed by atoms with Crippen molar-refractivity contribution in [2.75, 3.05) is 6.61 Å². The lowest BCUT2D eigenvalue weighted by Gasteiger charge is -2.26. The number of fused-ring (bicyclic) bond motifs is 1. The van der Waals surface area contributed by atoms with Crippen LogP contribution in [0.4, 0.5) is 0 Å². The standard InChI is InChI=1S/C20H22Cl2O7/c1-4-13(24)9-20(5-6-28-11(3)23)8-12-7-14(29-10(2)19(26)27)16(21)17(22)15(12)18(20)25/h7,10H,4-6,8-9H2,1-3H3,(H,26,27). The Kier molecular flexibility index (Phi) is 7.30. The van der Waals surface area contributed by atoms with Crippen LogP contribution in [0.1, 0.15) is 56.0 Å². The topological polar surface area (TPSA) is 107 Å². The van der Waals surface area contributed by atoms with Crippen molar-refractivity contribution in [2.24, 2.45) is 5.41 Å². The van der Waals surface area contributed by atoms with Crippen molar-refractivity contribution in [3.05, 3.63) is 27.2 Å². The van der Waals surface area contributed by atoms with Crippen LogP contribution in [0.5, 0.6) is 5.75 Å². The predicted molar refractivity (Wildman–Crippen MR) is 106 cm³/mol. The summed E-state index contributed by atoms with van der Waals surface area (Å²) in [5, 5.41) is 8.95. The molecule has 0 saturated carbocycles. The second-order valence-corrected chi connectivity index (χ2v) is 7.84. The lowest BCUT2D eigenvalue weighted by molar-refractivity contribution is -0.144. The van der Waals surface area contributed by atoms with E-state index in [-0.39, 0.29) is 65.2 Å². The van der Waals surface area contributed by atoms with Crippen LogP contribution in [-0.4, -0.2) is 41.3 Å². The molecule has 0 fully saturated rings. The molecule has 0 aliphatic heterocycles. The number of hydrogen-bond donors (Lipinski definition) is 1. The molecule has 2 unspecified atom stereocenters. The van der Waals surface area contributed by atoms with Crippen molar-refractivity contribution in [3.63, 3.8) is 0 Å². The zero-order chi connectivity index (χ0) is 21.9. The van der Waals surface area contributed by atoms with Gasteiger partial charge in [0.25, 0.3) is 0 Å². The van der Waals surface area contributed by atoms with Crippen LogP contribution >= 0.6 is 23.2 Å². The number of halogens is 2. The summed E-state index contributed by atoms with van der Waals surface area (Å²) in [5.41, 5.74) is -0.392. The first kappa shape index (κ1) is 23.2. The summed E-state index contributed by atoms with van der Waals surface area (Å²) in [6.45, 7) is 4.29. The summed E-state index contributed by atoms with van der Waals surface area (Å²) >= 11 is 12.6. The van der Waals surface area contributed by atoms with Gasteiger partial charge in [-0.15, -0.1) is 0 Å². The summed E-state index contributed by atoms with van der Waals surface area (Å²) < 4.78 is 10.4. The summed E-state index contributed by atoms with van der Waals surface area (Å²) in [5.74, 6) is -2.06. The first-order valence-electron chi connectivity index (χ1n) is 9.12. The van der Waals surface area contributed by atoms with Crippen molar-refractivity contribution in [1.29, 1.82) is 0 Å². The minimum atomic E-state index is -1.18. The van der Waals surface area contributed by atoms with Crippen LogP contribution < -0.4 is 4.74 Å². The number of ether oxygens (including phenoxy) is 2. The van der Waals surface area contributed by atoms with Crippen LogP contribution in [0.3, 0.4) is 0 Å². The lowest BCUT2D eigenvalue weighted by atomic mass is 9.76. The van der Waals surface area contributed by atoms with Crippen molar-refractivity contribution < 1.29 is 33.8 Å². The van der Waals surface area contributed by atoms with Gasteiger partial charge in [0.1, 0.15) is 16.6 Å². The quantitative estimate of drug-likeness (QED) is 0.575. The molecule has 29 heavy (non-hydrogen) atoms. The van der Waals surface area contributed by atoms with Gasteiger partial charge in [-0.1, -0.05) is 30.1 Å². The Morgan fingerprint density at radius 3 is 2.48 bits per heavy atom. The molecule has 0 aromatic heterocycles. The molecule has 0 heterocycles. The number of aliphatic carboxylic acids is 1. The van der Waals surface area contributed by atoms with E-state index in [1.54, 1.807) is 6.92 Å². The van der Waals surface area contributed by atoms with E-state index in [1.165, 1.54) is 19.9 Å². The van der Waals surface area contributed by atoms with Gasteiger partial charge in [-0.25, -0.2) is 4.79 Å². The van der Waals surface area contributed by atoms with Gasteiger partial charge in [-0.3, -0.25) is 14.4 Å². The number of hydrogen-bond acceptors (Lipinski definition) is 6. The Bertz CT molecular complexity index is 865. The normalized spacial score (nSPS) is 18.9. The van der Waals surface area contributed by atoms with E-state index < -0.39 is 23.5 Å². The Morgan fingerprint density at radius 1 is 1.28 bits per heavy atom. The number of ketones is 2. The number of rotatable bonds is 9. The van der Waals surface area contributed by atoms with Gasteiger partial charge < -0.3 is 14.6 Å². The lowest BCUT2D eigenvalue weighted by Crippen LogP contribution is -2.32. The number of esters is 1. The van der Waals surface area contributed by atoms with Gasteiger partial charge in [0.15, 0.2) is 11.9 Å².